The van der Waals surface area contributed by atoms with Gasteiger partial charge in [-0.2, -0.15) is 0 Å². The van der Waals surface area contributed by atoms with E-state index >= 15 is 0 Å². The summed E-state index contributed by atoms with van der Waals surface area (Å²) in [5.41, 5.74) is 0.936. The monoisotopic (exact) mass is 235 g/mol. The average Bonchev–Trinajstić information content (AvgIpc) is 2.91. The fraction of sp³-hybridized carbons (Fsp3) is 0.600. The molecule has 1 aromatic carbocycles. The van der Waals surface area contributed by atoms with E-state index in [0.717, 1.165) is 25.1 Å². The number of halogens is 1. The van der Waals surface area contributed by atoms with Crippen LogP contribution in [0.15, 0.2) is 24.3 Å². The molecule has 0 saturated heterocycles. The highest BCUT2D eigenvalue weighted by Gasteiger charge is 2.51. The van der Waals surface area contributed by atoms with Gasteiger partial charge in [0.05, 0.1) is 0 Å². The first-order valence-electron chi connectivity index (χ1n) is 6.50. The van der Waals surface area contributed by atoms with Crippen molar-refractivity contribution >= 4 is 0 Å². The van der Waals surface area contributed by atoms with Gasteiger partial charge in [-0.1, -0.05) is 39.0 Å². The Morgan fingerprint density at radius 1 is 1.41 bits per heavy atom. The van der Waals surface area contributed by atoms with Gasteiger partial charge in [-0.15, -0.1) is 0 Å². The minimum atomic E-state index is -0.0543. The lowest BCUT2D eigenvalue weighted by Crippen LogP contribution is -2.24. The molecule has 0 radical (unpaired) electrons. The maximum Gasteiger partial charge on any atom is 0.126 e. The van der Waals surface area contributed by atoms with E-state index in [1.807, 2.05) is 12.1 Å². The van der Waals surface area contributed by atoms with Crippen molar-refractivity contribution < 1.29 is 4.39 Å². The summed E-state index contributed by atoms with van der Waals surface area (Å²) in [7, 11) is 0. The summed E-state index contributed by atoms with van der Waals surface area (Å²) >= 11 is 0. The molecular formula is C15H22FN. The van der Waals surface area contributed by atoms with E-state index < -0.39 is 0 Å². The quantitative estimate of drug-likeness (QED) is 0.825. The molecular weight excluding hydrogens is 213 g/mol. The van der Waals surface area contributed by atoms with E-state index in [0.29, 0.717) is 11.8 Å². The molecule has 0 aliphatic heterocycles. The van der Waals surface area contributed by atoms with Gasteiger partial charge in [0.2, 0.25) is 0 Å². The van der Waals surface area contributed by atoms with E-state index in [1.165, 1.54) is 0 Å². The van der Waals surface area contributed by atoms with E-state index in [-0.39, 0.29) is 11.2 Å². The van der Waals surface area contributed by atoms with Crippen molar-refractivity contribution in [3.63, 3.8) is 0 Å². The van der Waals surface area contributed by atoms with Gasteiger partial charge >= 0.3 is 0 Å². The fourth-order valence-electron chi connectivity index (χ4n) is 2.55. The molecule has 1 aliphatic rings. The van der Waals surface area contributed by atoms with Gasteiger partial charge in [-0.3, -0.25) is 0 Å². The first-order chi connectivity index (χ1) is 8.04. The second kappa shape index (κ2) is 4.77. The van der Waals surface area contributed by atoms with Crippen molar-refractivity contribution in [3.05, 3.63) is 35.6 Å². The van der Waals surface area contributed by atoms with Crippen LogP contribution < -0.4 is 5.32 Å². The highest BCUT2D eigenvalue weighted by atomic mass is 19.1. The van der Waals surface area contributed by atoms with Crippen molar-refractivity contribution in [1.29, 1.82) is 0 Å². The molecule has 1 saturated carbocycles. The summed E-state index contributed by atoms with van der Waals surface area (Å²) in [5, 5.41) is 3.47. The van der Waals surface area contributed by atoms with Crippen molar-refractivity contribution in [2.24, 2.45) is 11.8 Å². The summed E-state index contributed by atoms with van der Waals surface area (Å²) in [6, 6.07) is 7.19. The van der Waals surface area contributed by atoms with Crippen molar-refractivity contribution in [3.8, 4) is 0 Å². The minimum absolute atomic E-state index is 0.0509. The Hall–Kier alpha value is -0.890. The number of hydrogen-bond acceptors (Lipinski definition) is 1. The van der Waals surface area contributed by atoms with Gasteiger partial charge in [-0.25, -0.2) is 4.39 Å². The second-order valence-corrected chi connectivity index (χ2v) is 5.85. The highest BCUT2D eigenvalue weighted by Crippen LogP contribution is 2.54. The van der Waals surface area contributed by atoms with Crippen molar-refractivity contribution in [2.45, 2.75) is 32.6 Å². The number of nitrogens with one attached hydrogen (secondary N) is 1. The summed E-state index contributed by atoms with van der Waals surface area (Å²) in [4.78, 5) is 0. The first-order valence-corrected chi connectivity index (χ1v) is 6.50. The zero-order valence-electron chi connectivity index (χ0n) is 11.0. The molecule has 0 spiro atoms. The van der Waals surface area contributed by atoms with Crippen LogP contribution in [-0.4, -0.2) is 13.1 Å². The molecule has 1 fully saturated rings. The number of hydrogen-bond donors (Lipinski definition) is 1. The Balaban J connectivity index is 1.93. The molecule has 2 atom stereocenters. The normalized spacial score (nSPS) is 27.5. The summed E-state index contributed by atoms with van der Waals surface area (Å²) in [6.07, 6.45) is 1.10. The molecule has 0 heterocycles. The maximum atomic E-state index is 13.7. The number of benzene rings is 1. The summed E-state index contributed by atoms with van der Waals surface area (Å²) in [5.74, 6) is 1.20. The zero-order chi connectivity index (χ0) is 12.5. The van der Waals surface area contributed by atoms with Crippen LogP contribution in [0.4, 0.5) is 4.39 Å². The average molecular weight is 235 g/mol. The van der Waals surface area contributed by atoms with Gasteiger partial charge < -0.3 is 5.32 Å². The molecule has 94 valence electrons. The minimum Gasteiger partial charge on any atom is -0.316 e. The van der Waals surface area contributed by atoms with Crippen LogP contribution in [-0.2, 0) is 5.41 Å². The third kappa shape index (κ3) is 2.68. The molecule has 2 heteroatoms. The molecule has 1 N–H and O–H groups in total. The van der Waals surface area contributed by atoms with Crippen LogP contribution in [0.5, 0.6) is 0 Å². The fourth-order valence-corrected chi connectivity index (χ4v) is 2.55. The van der Waals surface area contributed by atoms with Crippen LogP contribution in [0.3, 0.4) is 0 Å². The lowest BCUT2D eigenvalue weighted by molar-refractivity contribution is 0.505. The molecule has 0 bridgehead atoms. The molecule has 1 aliphatic carbocycles. The van der Waals surface area contributed by atoms with Gasteiger partial charge in [0.25, 0.3) is 0 Å². The standard InChI is InChI=1S/C15H22FN/c1-11(2)9-17-10-12-8-15(12,3)13-6-4-5-7-14(13)16/h4-7,11-12,17H,8-10H2,1-3H3. The van der Waals surface area contributed by atoms with Gasteiger partial charge in [0.1, 0.15) is 5.82 Å². The topological polar surface area (TPSA) is 12.0 Å². The first kappa shape index (κ1) is 12.6. The van der Waals surface area contributed by atoms with Crippen molar-refractivity contribution in [1.82, 2.24) is 5.32 Å². The third-order valence-electron chi connectivity index (χ3n) is 3.84. The lowest BCUT2D eigenvalue weighted by atomic mass is 9.95. The Morgan fingerprint density at radius 2 is 2.12 bits per heavy atom. The molecule has 1 nitrogen and oxygen atoms in total. The van der Waals surface area contributed by atoms with Crippen LogP contribution in [0, 0.1) is 17.7 Å². The van der Waals surface area contributed by atoms with Crippen LogP contribution in [0.25, 0.3) is 0 Å². The van der Waals surface area contributed by atoms with Gasteiger partial charge in [0, 0.05) is 0 Å². The molecule has 0 aromatic heterocycles. The van der Waals surface area contributed by atoms with Crippen LogP contribution in [0.1, 0.15) is 32.8 Å². The smallest absolute Gasteiger partial charge is 0.126 e. The van der Waals surface area contributed by atoms with Gasteiger partial charge in [-0.05, 0) is 48.4 Å². The van der Waals surface area contributed by atoms with E-state index in [2.05, 4.69) is 26.1 Å². The Bertz CT molecular complexity index is 388. The Kier molecular flexibility index (Phi) is 3.53. The Morgan fingerprint density at radius 3 is 2.76 bits per heavy atom. The highest BCUT2D eigenvalue weighted by molar-refractivity contribution is 5.33. The maximum absolute atomic E-state index is 13.7. The predicted molar refractivity (Wildman–Crippen MR) is 69.6 cm³/mol. The molecule has 17 heavy (non-hydrogen) atoms. The van der Waals surface area contributed by atoms with Gasteiger partial charge in [0.15, 0.2) is 0 Å². The summed E-state index contributed by atoms with van der Waals surface area (Å²) in [6.45, 7) is 8.63. The van der Waals surface area contributed by atoms with Crippen molar-refractivity contribution in [2.75, 3.05) is 13.1 Å². The molecule has 1 aromatic rings. The zero-order valence-corrected chi connectivity index (χ0v) is 11.0. The Labute approximate surface area is 103 Å². The van der Waals surface area contributed by atoms with E-state index in [9.17, 15) is 4.39 Å². The number of rotatable bonds is 5. The molecule has 2 rings (SSSR count). The molecule has 2 unspecified atom stereocenters. The molecule has 0 amide bonds. The predicted octanol–water partition coefficient (Wildman–Crippen LogP) is 3.35. The second-order valence-electron chi connectivity index (χ2n) is 5.85. The summed E-state index contributed by atoms with van der Waals surface area (Å²) < 4.78 is 13.7. The SMILES string of the molecule is CC(C)CNCC1CC1(C)c1ccccc1F. The van der Waals surface area contributed by atoms with E-state index in [1.54, 1.807) is 12.1 Å². The lowest BCUT2D eigenvalue weighted by Gasteiger charge is -2.14. The largest absolute Gasteiger partial charge is 0.316 e. The van der Waals surface area contributed by atoms with E-state index in [4.69, 9.17) is 0 Å². The van der Waals surface area contributed by atoms with Crippen LogP contribution >= 0.6 is 0 Å². The van der Waals surface area contributed by atoms with Crippen LogP contribution in [0.2, 0.25) is 0 Å². The third-order valence-corrected chi connectivity index (χ3v) is 3.84.